The summed E-state index contributed by atoms with van der Waals surface area (Å²) in [5.41, 5.74) is 1.89. The summed E-state index contributed by atoms with van der Waals surface area (Å²) >= 11 is 6.07. The van der Waals surface area contributed by atoms with Crippen molar-refractivity contribution in [3.05, 3.63) is 70.9 Å². The molecule has 0 radical (unpaired) electrons. The summed E-state index contributed by atoms with van der Waals surface area (Å²) in [6.45, 7) is 1.46. The van der Waals surface area contributed by atoms with E-state index in [2.05, 4.69) is 15.4 Å². The first-order chi connectivity index (χ1) is 12.6. The molecule has 3 aromatic rings. The fraction of sp³-hybridized carbons (Fsp3) is 0.167. The van der Waals surface area contributed by atoms with Crippen molar-refractivity contribution >= 4 is 29.0 Å². The molecule has 0 saturated heterocycles. The van der Waals surface area contributed by atoms with Crippen LogP contribution in [0.2, 0.25) is 5.02 Å². The summed E-state index contributed by atoms with van der Waals surface area (Å²) < 4.78 is 14.8. The highest BCUT2D eigenvalue weighted by molar-refractivity contribution is 6.32. The van der Waals surface area contributed by atoms with E-state index in [0.29, 0.717) is 41.9 Å². The molecule has 0 fully saturated rings. The lowest BCUT2D eigenvalue weighted by molar-refractivity contribution is 0.0962. The molecule has 0 bridgehead atoms. The number of carbonyl (C=O) groups is 1. The van der Waals surface area contributed by atoms with Crippen LogP contribution in [0.3, 0.4) is 0 Å². The largest absolute Gasteiger partial charge is 0.363 e. The van der Waals surface area contributed by atoms with Crippen LogP contribution in [0.5, 0.6) is 0 Å². The second-order valence-electron chi connectivity index (χ2n) is 5.86. The number of aromatic nitrogens is 3. The van der Waals surface area contributed by atoms with Gasteiger partial charge in [-0.05, 0) is 42.5 Å². The van der Waals surface area contributed by atoms with Crippen molar-refractivity contribution in [2.45, 2.75) is 13.1 Å². The molecule has 1 N–H and O–H groups in total. The molecule has 3 heterocycles. The number of anilines is 2. The van der Waals surface area contributed by atoms with Crippen molar-refractivity contribution in [1.29, 1.82) is 0 Å². The summed E-state index contributed by atoms with van der Waals surface area (Å²) in [6, 6.07) is 11.2. The summed E-state index contributed by atoms with van der Waals surface area (Å²) in [5.74, 6) is 0.0849. The molecule has 0 spiro atoms. The predicted molar refractivity (Wildman–Crippen MR) is 96.9 cm³/mol. The molecular formula is C18H15ClFN5O. The van der Waals surface area contributed by atoms with Crippen molar-refractivity contribution in [2.75, 3.05) is 16.8 Å². The average Bonchev–Trinajstić information content (AvgIpc) is 3.06. The normalized spacial score (nSPS) is 13.6. The number of pyridine rings is 1. The zero-order valence-corrected chi connectivity index (χ0v) is 14.4. The van der Waals surface area contributed by atoms with E-state index in [1.807, 2.05) is 0 Å². The van der Waals surface area contributed by atoms with Crippen LogP contribution >= 0.6 is 11.6 Å². The quantitative estimate of drug-likeness (QED) is 0.764. The van der Waals surface area contributed by atoms with E-state index in [0.717, 1.165) is 5.69 Å². The molecule has 1 amide bonds. The third-order valence-electron chi connectivity index (χ3n) is 4.16. The number of fused-ring (bicyclic) bond motifs is 1. The third-order valence-corrected chi connectivity index (χ3v) is 4.47. The number of nitrogens with zero attached hydrogens (tertiary/aromatic N) is 4. The highest BCUT2D eigenvalue weighted by Crippen LogP contribution is 2.23. The molecule has 8 heteroatoms. The first-order valence-electron chi connectivity index (χ1n) is 8.10. The minimum Gasteiger partial charge on any atom is -0.363 e. The van der Waals surface area contributed by atoms with Crippen LogP contribution in [0, 0.1) is 5.82 Å². The zero-order chi connectivity index (χ0) is 18.1. The summed E-state index contributed by atoms with van der Waals surface area (Å²) in [7, 11) is 0. The second-order valence-corrected chi connectivity index (χ2v) is 6.27. The highest BCUT2D eigenvalue weighted by Gasteiger charge is 2.27. The zero-order valence-electron chi connectivity index (χ0n) is 13.7. The van der Waals surface area contributed by atoms with Gasteiger partial charge in [0.2, 0.25) is 0 Å². The second kappa shape index (κ2) is 6.76. The van der Waals surface area contributed by atoms with Gasteiger partial charge in [0.15, 0.2) is 0 Å². The van der Waals surface area contributed by atoms with Crippen LogP contribution in [0.4, 0.5) is 15.9 Å². The monoisotopic (exact) mass is 371 g/mol. The van der Waals surface area contributed by atoms with Crippen LogP contribution in [-0.2, 0) is 13.1 Å². The Morgan fingerprint density at radius 1 is 1.19 bits per heavy atom. The van der Waals surface area contributed by atoms with Crippen molar-refractivity contribution in [1.82, 2.24) is 14.8 Å². The Morgan fingerprint density at radius 2 is 2.00 bits per heavy atom. The predicted octanol–water partition coefficient (Wildman–Crippen LogP) is 3.34. The molecular weight excluding hydrogens is 357 g/mol. The molecule has 0 aliphatic carbocycles. The van der Waals surface area contributed by atoms with Gasteiger partial charge in [-0.2, -0.15) is 5.10 Å². The molecule has 2 aromatic heterocycles. The number of halogens is 2. The summed E-state index contributed by atoms with van der Waals surface area (Å²) in [4.78, 5) is 18.6. The van der Waals surface area contributed by atoms with Gasteiger partial charge < -0.3 is 10.2 Å². The minimum absolute atomic E-state index is 0.155. The molecule has 1 aromatic carbocycles. The van der Waals surface area contributed by atoms with Gasteiger partial charge in [0.25, 0.3) is 5.91 Å². The van der Waals surface area contributed by atoms with E-state index in [4.69, 9.17) is 11.6 Å². The Balaban J connectivity index is 1.52. The van der Waals surface area contributed by atoms with Crippen LogP contribution in [0.15, 0.2) is 48.7 Å². The molecule has 6 nitrogen and oxygen atoms in total. The number of rotatable bonds is 4. The Hall–Kier alpha value is -2.93. The van der Waals surface area contributed by atoms with Gasteiger partial charge in [0.1, 0.15) is 17.3 Å². The van der Waals surface area contributed by atoms with Crippen LogP contribution in [-0.4, -0.2) is 27.2 Å². The fourth-order valence-corrected chi connectivity index (χ4v) is 3.08. The van der Waals surface area contributed by atoms with E-state index < -0.39 is 0 Å². The van der Waals surface area contributed by atoms with Gasteiger partial charge in [0, 0.05) is 18.4 Å². The van der Waals surface area contributed by atoms with Gasteiger partial charge in [-0.3, -0.25) is 9.48 Å². The highest BCUT2D eigenvalue weighted by atomic mass is 35.5. The number of carbonyl (C=O) groups excluding carboxylic acids is 1. The molecule has 4 rings (SSSR count). The summed E-state index contributed by atoms with van der Waals surface area (Å²) in [5, 5.41) is 8.10. The lowest BCUT2D eigenvalue weighted by Crippen LogP contribution is -2.40. The van der Waals surface area contributed by atoms with E-state index in [-0.39, 0.29) is 11.7 Å². The number of benzene rings is 1. The van der Waals surface area contributed by atoms with Gasteiger partial charge in [-0.15, -0.1) is 0 Å². The average molecular weight is 372 g/mol. The van der Waals surface area contributed by atoms with Gasteiger partial charge in [-0.1, -0.05) is 11.6 Å². The number of nitrogens with one attached hydrogen (secondary N) is 1. The Morgan fingerprint density at radius 3 is 2.77 bits per heavy atom. The van der Waals surface area contributed by atoms with E-state index in [1.165, 1.54) is 12.1 Å². The number of hydrogen-bond acceptors (Lipinski definition) is 4. The molecule has 1 aliphatic heterocycles. The maximum absolute atomic E-state index is 13.1. The minimum atomic E-state index is -0.329. The van der Waals surface area contributed by atoms with Crippen molar-refractivity contribution in [2.24, 2.45) is 0 Å². The Kier molecular flexibility index (Phi) is 4.30. The SMILES string of the molecule is O=C1c2cc(CNc3ncccc3Cl)nn2CCN1c1ccc(F)cc1. The smallest absolute Gasteiger partial charge is 0.276 e. The van der Waals surface area contributed by atoms with E-state index in [9.17, 15) is 9.18 Å². The molecule has 0 atom stereocenters. The molecule has 1 aliphatic rings. The standard InChI is InChI=1S/C18H15ClFN5O/c19-15-2-1-7-21-17(15)22-11-13-10-16-18(26)24(8-9-25(16)23-13)14-5-3-12(20)4-6-14/h1-7,10H,8-9,11H2,(H,21,22). The molecule has 0 unspecified atom stereocenters. The van der Waals surface area contributed by atoms with Gasteiger partial charge in [0.05, 0.1) is 23.8 Å². The lowest BCUT2D eigenvalue weighted by Gasteiger charge is -2.27. The molecule has 26 heavy (non-hydrogen) atoms. The van der Waals surface area contributed by atoms with Crippen molar-refractivity contribution in [3.63, 3.8) is 0 Å². The van der Waals surface area contributed by atoms with Gasteiger partial charge in [-0.25, -0.2) is 9.37 Å². The maximum Gasteiger partial charge on any atom is 0.276 e. The maximum atomic E-state index is 13.1. The summed E-state index contributed by atoms with van der Waals surface area (Å²) in [6.07, 6.45) is 1.65. The van der Waals surface area contributed by atoms with Crippen LogP contribution in [0.25, 0.3) is 0 Å². The lowest BCUT2D eigenvalue weighted by atomic mass is 10.2. The van der Waals surface area contributed by atoms with Gasteiger partial charge >= 0.3 is 0 Å². The van der Waals surface area contributed by atoms with Crippen LogP contribution in [0.1, 0.15) is 16.2 Å². The topological polar surface area (TPSA) is 63.1 Å². The molecule has 132 valence electrons. The Bertz CT molecular complexity index is 956. The van der Waals surface area contributed by atoms with E-state index >= 15 is 0 Å². The van der Waals surface area contributed by atoms with Crippen LogP contribution < -0.4 is 10.2 Å². The number of hydrogen-bond donors (Lipinski definition) is 1. The molecule has 0 saturated carbocycles. The third kappa shape index (κ3) is 3.13. The Labute approximate surface area is 154 Å². The fourth-order valence-electron chi connectivity index (χ4n) is 2.89. The number of amides is 1. The van der Waals surface area contributed by atoms with E-state index in [1.54, 1.807) is 46.1 Å². The first-order valence-corrected chi connectivity index (χ1v) is 8.48. The van der Waals surface area contributed by atoms with Crippen molar-refractivity contribution in [3.8, 4) is 0 Å². The van der Waals surface area contributed by atoms with Crippen molar-refractivity contribution < 1.29 is 9.18 Å². The first kappa shape index (κ1) is 16.5.